The lowest BCUT2D eigenvalue weighted by Gasteiger charge is -2.36. The largest absolute Gasteiger partial charge is 0.465 e. The normalized spacial score (nSPS) is 17.9. The molecule has 1 aromatic carbocycles. The van der Waals surface area contributed by atoms with Crippen LogP contribution in [-0.2, 0) is 22.6 Å². The van der Waals surface area contributed by atoms with E-state index < -0.39 is 47.6 Å². The average molecular weight is 696 g/mol. The third-order valence-electron chi connectivity index (χ3n) is 9.12. The number of hydrogen-bond donors (Lipinski definition) is 6. The predicted octanol–water partition coefficient (Wildman–Crippen LogP) is 3.71. The summed E-state index contributed by atoms with van der Waals surface area (Å²) in [7, 11) is 0. The number of aliphatic hydroxyl groups is 1. The molecule has 1 saturated heterocycles. The van der Waals surface area contributed by atoms with Gasteiger partial charge in [-0.25, -0.2) is 14.6 Å². The number of benzene rings is 1. The van der Waals surface area contributed by atoms with Crippen LogP contribution in [0.4, 0.5) is 9.59 Å². The summed E-state index contributed by atoms with van der Waals surface area (Å²) < 4.78 is 0. The molecule has 0 spiro atoms. The summed E-state index contributed by atoms with van der Waals surface area (Å²) in [6, 6.07) is 12.7. The third-order valence-corrected chi connectivity index (χ3v) is 9.12. The minimum absolute atomic E-state index is 0.0335. The van der Waals surface area contributed by atoms with Gasteiger partial charge in [0.2, 0.25) is 5.91 Å². The first kappa shape index (κ1) is 40.2. The highest BCUT2D eigenvalue weighted by Crippen LogP contribution is 2.28. The topological polar surface area (TPSA) is 176 Å². The van der Waals surface area contributed by atoms with Gasteiger partial charge in [-0.05, 0) is 48.3 Å². The summed E-state index contributed by atoms with van der Waals surface area (Å²) in [4.78, 5) is 58.7. The van der Waals surface area contributed by atoms with Crippen molar-refractivity contribution in [3.05, 3.63) is 65.5 Å². The number of aromatic nitrogens is 1. The summed E-state index contributed by atoms with van der Waals surface area (Å²) >= 11 is 0. The summed E-state index contributed by atoms with van der Waals surface area (Å²) in [5.74, 6) is -1.42. The van der Waals surface area contributed by atoms with Crippen molar-refractivity contribution in [3.8, 4) is 0 Å². The fraction of sp³-hybridized carbons (Fsp3) is 0.595. The number of pyridine rings is 1. The number of urea groups is 1. The van der Waals surface area contributed by atoms with Crippen LogP contribution in [0.15, 0.2) is 48.5 Å². The Balaban J connectivity index is 1.90. The second-order valence-electron chi connectivity index (χ2n) is 15.0. The maximum Gasteiger partial charge on any atom is 0.405 e. The molecule has 3 rings (SSSR count). The molecule has 50 heavy (non-hydrogen) atoms. The third kappa shape index (κ3) is 11.7. The first-order valence-electron chi connectivity index (χ1n) is 17.5. The second-order valence-corrected chi connectivity index (χ2v) is 15.0. The average Bonchev–Trinajstić information content (AvgIpc) is 3.37. The van der Waals surface area contributed by atoms with Crippen LogP contribution in [0.5, 0.6) is 0 Å². The molecular weight excluding hydrogens is 638 g/mol. The second kappa shape index (κ2) is 18.1. The fourth-order valence-electron chi connectivity index (χ4n) is 6.40. The predicted molar refractivity (Wildman–Crippen MR) is 192 cm³/mol. The Morgan fingerprint density at radius 2 is 1.70 bits per heavy atom. The van der Waals surface area contributed by atoms with Crippen molar-refractivity contribution in [1.29, 1.82) is 0 Å². The van der Waals surface area contributed by atoms with Gasteiger partial charge < -0.3 is 31.1 Å². The lowest BCUT2D eigenvalue weighted by molar-refractivity contribution is -0.133. The van der Waals surface area contributed by atoms with Crippen molar-refractivity contribution < 1.29 is 29.4 Å². The summed E-state index contributed by atoms with van der Waals surface area (Å²) in [5.41, 5.74) is 4.58. The van der Waals surface area contributed by atoms with Gasteiger partial charge in [0.15, 0.2) is 0 Å². The molecule has 0 radical (unpaired) electrons. The number of hydrazine groups is 1. The number of aliphatic hydroxyl groups excluding tert-OH is 1. The highest BCUT2D eigenvalue weighted by atomic mass is 16.4. The Morgan fingerprint density at radius 1 is 1.02 bits per heavy atom. The van der Waals surface area contributed by atoms with Crippen LogP contribution in [-0.4, -0.2) is 92.9 Å². The molecule has 1 fully saturated rings. The van der Waals surface area contributed by atoms with E-state index >= 15 is 0 Å². The molecule has 0 bridgehead atoms. The Morgan fingerprint density at radius 3 is 2.28 bits per heavy atom. The molecule has 1 aliphatic rings. The Kier molecular flexibility index (Phi) is 14.6. The monoisotopic (exact) mass is 695 g/mol. The zero-order valence-electron chi connectivity index (χ0n) is 30.8. The van der Waals surface area contributed by atoms with Crippen molar-refractivity contribution in [2.75, 3.05) is 19.6 Å². The highest BCUT2D eigenvalue weighted by Gasteiger charge is 2.43. The van der Waals surface area contributed by atoms with Crippen LogP contribution in [0, 0.1) is 30.1 Å². The van der Waals surface area contributed by atoms with Crippen LogP contribution < -0.4 is 21.4 Å². The smallest absolute Gasteiger partial charge is 0.405 e. The molecule has 0 aliphatic carbocycles. The van der Waals surface area contributed by atoms with Gasteiger partial charge in [-0.1, -0.05) is 91.3 Å². The molecule has 13 nitrogen and oxygen atoms in total. The lowest BCUT2D eigenvalue weighted by atomic mass is 9.83. The van der Waals surface area contributed by atoms with E-state index in [-0.39, 0.29) is 36.9 Å². The molecule has 6 N–H and O–H groups in total. The van der Waals surface area contributed by atoms with E-state index in [1.807, 2.05) is 83.1 Å². The number of carbonyl (C=O) groups is 4. The van der Waals surface area contributed by atoms with Crippen LogP contribution in [0.25, 0.3) is 0 Å². The van der Waals surface area contributed by atoms with Crippen molar-refractivity contribution in [3.63, 3.8) is 0 Å². The van der Waals surface area contributed by atoms with Gasteiger partial charge in [0.05, 0.1) is 36.3 Å². The molecule has 276 valence electrons. The van der Waals surface area contributed by atoms with Gasteiger partial charge in [0.25, 0.3) is 5.91 Å². The molecule has 2 heterocycles. The number of rotatable bonds is 17. The zero-order chi connectivity index (χ0) is 37.2. The quantitative estimate of drug-likeness (QED) is 0.136. The molecular formula is C37H57N7O6. The van der Waals surface area contributed by atoms with Crippen LogP contribution in [0.1, 0.15) is 71.8 Å². The van der Waals surface area contributed by atoms with Gasteiger partial charge in [0, 0.05) is 25.3 Å². The molecule has 2 aromatic rings. The number of carboxylic acid groups (broad SMARTS) is 1. The maximum absolute atomic E-state index is 14.4. The molecule has 5 amide bonds. The van der Waals surface area contributed by atoms with Gasteiger partial charge in [0.1, 0.15) is 6.04 Å². The van der Waals surface area contributed by atoms with E-state index in [0.717, 1.165) is 17.0 Å². The van der Waals surface area contributed by atoms with E-state index in [0.29, 0.717) is 25.9 Å². The first-order chi connectivity index (χ1) is 23.5. The van der Waals surface area contributed by atoms with Gasteiger partial charge >= 0.3 is 12.1 Å². The number of aryl methyl sites for hydroxylation is 1. The van der Waals surface area contributed by atoms with E-state index in [4.69, 9.17) is 0 Å². The number of amides is 5. The van der Waals surface area contributed by atoms with E-state index in [1.54, 1.807) is 30.7 Å². The van der Waals surface area contributed by atoms with Crippen molar-refractivity contribution in [1.82, 2.24) is 36.3 Å². The number of nitrogens with zero attached hydrogens (tertiary/aromatic N) is 3. The number of nitrogens with one attached hydrogen (secondary N) is 4. The zero-order valence-corrected chi connectivity index (χ0v) is 30.8. The van der Waals surface area contributed by atoms with E-state index in [1.165, 1.54) is 0 Å². The fourth-order valence-corrected chi connectivity index (χ4v) is 6.40. The Bertz CT molecular complexity index is 1430. The minimum Gasteiger partial charge on any atom is -0.465 e. The van der Waals surface area contributed by atoms with Gasteiger partial charge in [-0.3, -0.25) is 20.0 Å². The first-order valence-corrected chi connectivity index (χ1v) is 17.5. The summed E-state index contributed by atoms with van der Waals surface area (Å²) in [6.07, 6.45) is -1.44. The molecule has 0 saturated carbocycles. The van der Waals surface area contributed by atoms with E-state index in [9.17, 15) is 29.4 Å². The summed E-state index contributed by atoms with van der Waals surface area (Å²) in [5, 5.41) is 31.2. The highest BCUT2D eigenvalue weighted by molar-refractivity contribution is 5.86. The molecule has 1 aliphatic heterocycles. The summed E-state index contributed by atoms with van der Waals surface area (Å²) in [6.45, 7) is 16.0. The van der Waals surface area contributed by atoms with Crippen LogP contribution in [0.3, 0.4) is 0 Å². The van der Waals surface area contributed by atoms with Gasteiger partial charge in [-0.15, -0.1) is 0 Å². The van der Waals surface area contributed by atoms with Crippen LogP contribution in [0.2, 0.25) is 0 Å². The van der Waals surface area contributed by atoms with Gasteiger partial charge in [-0.2, -0.15) is 0 Å². The van der Waals surface area contributed by atoms with Crippen molar-refractivity contribution in [2.45, 2.75) is 99.0 Å². The van der Waals surface area contributed by atoms with Crippen molar-refractivity contribution >= 4 is 23.9 Å². The Labute approximate surface area is 296 Å². The number of hydrogen-bond acceptors (Lipinski definition) is 7. The standard InChI is InChI=1S/C37H57N7O6/c1-9-24(4)31(29-19-38-35(48)44(29)21-27-17-13-14-25(5)39-27)33(46)40-28(18-26-15-11-10-12-16-26)30(45)22-43(20-23(2)3)42-34(47)32(37(6,7)8)41-36(49)50/h10-17,23-24,28-32,41,45H,9,18-22H2,1-8H3,(H,38,48)(H,40,46)(H,42,47)(H,49,50). The SMILES string of the molecule is CCC(C)C(C(=O)NC(Cc1ccccc1)C(O)CN(CC(C)C)NC(=O)C(NC(=O)O)C(C)(C)C)C1CNC(=O)N1Cc1cccc(C)n1. The molecule has 1 aromatic heterocycles. The lowest BCUT2D eigenvalue weighted by Crippen LogP contribution is -2.60. The number of carbonyl (C=O) groups excluding carboxylic acids is 3. The Hall–Kier alpha value is -4.23. The van der Waals surface area contributed by atoms with E-state index in [2.05, 4.69) is 26.4 Å². The molecule has 6 unspecified atom stereocenters. The maximum atomic E-state index is 14.4. The van der Waals surface area contributed by atoms with Crippen molar-refractivity contribution in [2.24, 2.45) is 23.2 Å². The molecule has 13 heteroatoms. The van der Waals surface area contributed by atoms with Crippen LogP contribution >= 0.6 is 0 Å². The minimum atomic E-state index is -1.31. The molecule has 6 atom stereocenters.